The second-order valence-corrected chi connectivity index (χ2v) is 7.98. The van der Waals surface area contributed by atoms with Crippen molar-refractivity contribution in [3.63, 3.8) is 0 Å². The molecule has 0 bridgehead atoms. The second-order valence-electron chi connectivity index (χ2n) is 7.54. The maximum atomic E-state index is 13.3. The van der Waals surface area contributed by atoms with Crippen LogP contribution in [0.25, 0.3) is 0 Å². The number of alkyl halides is 2. The Morgan fingerprint density at radius 2 is 1.85 bits per heavy atom. The van der Waals surface area contributed by atoms with E-state index in [0.717, 1.165) is 31.9 Å². The molecular weight excluding hydrogens is 365 g/mol. The maximum absolute atomic E-state index is 13.3. The van der Waals surface area contributed by atoms with Gasteiger partial charge in [-0.25, -0.2) is 13.2 Å². The molecule has 0 heterocycles. The van der Waals surface area contributed by atoms with E-state index in [1.54, 1.807) is 0 Å². The van der Waals surface area contributed by atoms with E-state index in [9.17, 15) is 18.0 Å². The van der Waals surface area contributed by atoms with Crippen molar-refractivity contribution >= 4 is 17.5 Å². The van der Waals surface area contributed by atoms with Gasteiger partial charge >= 0.3 is 0 Å². The molecule has 0 aromatic heterocycles. The molecule has 2 fully saturated rings. The van der Waals surface area contributed by atoms with E-state index in [0.29, 0.717) is 24.8 Å². The Balaban J connectivity index is 1.31. The molecule has 0 saturated heterocycles. The van der Waals surface area contributed by atoms with Crippen LogP contribution in [0.15, 0.2) is 18.2 Å². The average Bonchev–Trinajstić information content (AvgIpc) is 2.52. The van der Waals surface area contributed by atoms with Crippen LogP contribution in [-0.4, -0.2) is 30.5 Å². The zero-order valence-electron chi connectivity index (χ0n) is 14.5. The third kappa shape index (κ3) is 5.36. The molecule has 0 spiro atoms. The summed E-state index contributed by atoms with van der Waals surface area (Å²) in [5.41, 5.74) is 0.223. The van der Waals surface area contributed by atoms with Crippen LogP contribution in [0.3, 0.4) is 0 Å². The number of nitrogens with one attached hydrogen (secondary N) is 2. The van der Waals surface area contributed by atoms with Crippen molar-refractivity contribution in [2.45, 2.75) is 63.0 Å². The summed E-state index contributed by atoms with van der Waals surface area (Å²) >= 11 is 5.77. The summed E-state index contributed by atoms with van der Waals surface area (Å²) in [5, 5.41) is 6.50. The Morgan fingerprint density at radius 3 is 2.50 bits per heavy atom. The van der Waals surface area contributed by atoms with E-state index in [-0.39, 0.29) is 35.4 Å². The molecule has 1 aromatic carbocycles. The third-order valence-electron chi connectivity index (χ3n) is 5.42. The van der Waals surface area contributed by atoms with Crippen molar-refractivity contribution in [1.29, 1.82) is 0 Å². The van der Waals surface area contributed by atoms with Gasteiger partial charge in [0, 0.05) is 35.5 Å². The molecule has 0 radical (unpaired) electrons. The number of carbonyl (C=O) groups is 1. The van der Waals surface area contributed by atoms with Gasteiger partial charge in [-0.05, 0) is 62.8 Å². The van der Waals surface area contributed by atoms with Gasteiger partial charge in [0.2, 0.25) is 5.92 Å². The van der Waals surface area contributed by atoms with E-state index in [1.165, 1.54) is 12.1 Å². The Labute approximate surface area is 156 Å². The number of halogens is 4. The molecule has 0 aliphatic heterocycles. The predicted octanol–water partition coefficient (Wildman–Crippen LogP) is 4.55. The topological polar surface area (TPSA) is 41.1 Å². The quantitative estimate of drug-likeness (QED) is 0.750. The van der Waals surface area contributed by atoms with Crippen LogP contribution < -0.4 is 10.6 Å². The highest BCUT2D eigenvalue weighted by Crippen LogP contribution is 2.37. The Bertz CT molecular complexity index is 619. The van der Waals surface area contributed by atoms with Gasteiger partial charge in [0.1, 0.15) is 5.82 Å². The lowest BCUT2D eigenvalue weighted by Gasteiger charge is -2.37. The molecule has 0 atom stereocenters. The summed E-state index contributed by atoms with van der Waals surface area (Å²) in [6.45, 7) is 0.821. The van der Waals surface area contributed by atoms with Gasteiger partial charge in [0.25, 0.3) is 5.91 Å². The van der Waals surface area contributed by atoms with Crippen LogP contribution in [0.5, 0.6) is 0 Å². The summed E-state index contributed by atoms with van der Waals surface area (Å²) in [4.78, 5) is 12.1. The lowest BCUT2D eigenvalue weighted by Crippen LogP contribution is -2.52. The summed E-state index contributed by atoms with van der Waals surface area (Å²) in [7, 11) is 0. The molecule has 2 N–H and O–H groups in total. The van der Waals surface area contributed by atoms with Crippen molar-refractivity contribution in [2.24, 2.45) is 5.92 Å². The van der Waals surface area contributed by atoms with Crippen molar-refractivity contribution in [2.75, 3.05) is 6.54 Å². The van der Waals surface area contributed by atoms with Crippen molar-refractivity contribution in [3.05, 3.63) is 34.6 Å². The fourth-order valence-electron chi connectivity index (χ4n) is 3.74. The van der Waals surface area contributed by atoms with Crippen LogP contribution in [0, 0.1) is 11.7 Å². The Morgan fingerprint density at radius 1 is 1.15 bits per heavy atom. The molecule has 1 amide bonds. The summed E-state index contributed by atoms with van der Waals surface area (Å²) in [6.07, 6.45) is 3.79. The van der Waals surface area contributed by atoms with E-state index in [4.69, 9.17) is 11.6 Å². The standard InChI is InChI=1S/C19H24ClF3N2O/c20-14-7-13(8-15(21)9-14)18(26)25-17-10-16(11-17)24-6-3-12-1-4-19(22,23)5-2-12/h7-9,12,16-17,24H,1-6,10-11H2,(H,25,26). The Kier molecular flexibility index (Phi) is 6.13. The van der Waals surface area contributed by atoms with Gasteiger partial charge in [-0.15, -0.1) is 0 Å². The number of hydrogen-bond acceptors (Lipinski definition) is 2. The van der Waals surface area contributed by atoms with Gasteiger partial charge in [-0.1, -0.05) is 11.6 Å². The van der Waals surface area contributed by atoms with Gasteiger partial charge in [-0.2, -0.15) is 0 Å². The number of benzene rings is 1. The summed E-state index contributed by atoms with van der Waals surface area (Å²) < 4.78 is 39.6. The largest absolute Gasteiger partial charge is 0.349 e. The molecule has 3 rings (SSSR count). The molecule has 3 nitrogen and oxygen atoms in total. The van der Waals surface area contributed by atoms with Gasteiger partial charge in [0.15, 0.2) is 0 Å². The number of amides is 1. The molecule has 26 heavy (non-hydrogen) atoms. The summed E-state index contributed by atoms with van der Waals surface area (Å²) in [5.74, 6) is -2.93. The van der Waals surface area contributed by atoms with Crippen LogP contribution in [0.1, 0.15) is 55.3 Å². The van der Waals surface area contributed by atoms with E-state index >= 15 is 0 Å². The molecule has 7 heteroatoms. The molecule has 1 aromatic rings. The van der Waals surface area contributed by atoms with Crippen LogP contribution in [0.4, 0.5) is 13.2 Å². The Hall–Kier alpha value is -1.27. The van der Waals surface area contributed by atoms with Gasteiger partial charge in [-0.3, -0.25) is 4.79 Å². The summed E-state index contributed by atoms with van der Waals surface area (Å²) in [6, 6.07) is 4.18. The fourth-order valence-corrected chi connectivity index (χ4v) is 3.96. The number of carbonyl (C=O) groups excluding carboxylic acids is 1. The lowest BCUT2D eigenvalue weighted by atomic mass is 9.84. The third-order valence-corrected chi connectivity index (χ3v) is 5.64. The monoisotopic (exact) mass is 388 g/mol. The van der Waals surface area contributed by atoms with Crippen molar-refractivity contribution < 1.29 is 18.0 Å². The normalized spacial score (nSPS) is 25.5. The highest BCUT2D eigenvalue weighted by molar-refractivity contribution is 6.31. The van der Waals surface area contributed by atoms with E-state index < -0.39 is 11.7 Å². The minimum absolute atomic E-state index is 0.0132. The fraction of sp³-hybridized carbons (Fsp3) is 0.632. The maximum Gasteiger partial charge on any atom is 0.251 e. The first-order valence-electron chi connectivity index (χ1n) is 9.19. The SMILES string of the molecule is O=C(NC1CC(NCCC2CCC(F)(F)CC2)C1)c1cc(F)cc(Cl)c1. The molecule has 144 valence electrons. The van der Waals surface area contributed by atoms with Gasteiger partial charge in [0.05, 0.1) is 0 Å². The van der Waals surface area contributed by atoms with Crippen LogP contribution >= 0.6 is 11.6 Å². The van der Waals surface area contributed by atoms with E-state index in [2.05, 4.69) is 10.6 Å². The van der Waals surface area contributed by atoms with Crippen LogP contribution in [-0.2, 0) is 0 Å². The van der Waals surface area contributed by atoms with Crippen molar-refractivity contribution in [3.8, 4) is 0 Å². The molecule has 2 saturated carbocycles. The first-order chi connectivity index (χ1) is 12.3. The first-order valence-corrected chi connectivity index (χ1v) is 9.57. The molecular formula is C19H24ClF3N2O. The zero-order chi connectivity index (χ0) is 18.7. The molecule has 0 unspecified atom stereocenters. The predicted molar refractivity (Wildman–Crippen MR) is 95.2 cm³/mol. The van der Waals surface area contributed by atoms with Crippen molar-refractivity contribution in [1.82, 2.24) is 10.6 Å². The molecule has 2 aliphatic rings. The molecule has 2 aliphatic carbocycles. The average molecular weight is 389 g/mol. The highest BCUT2D eigenvalue weighted by atomic mass is 35.5. The van der Waals surface area contributed by atoms with Crippen LogP contribution in [0.2, 0.25) is 5.02 Å². The van der Waals surface area contributed by atoms with E-state index in [1.807, 2.05) is 0 Å². The minimum Gasteiger partial charge on any atom is -0.349 e. The lowest BCUT2D eigenvalue weighted by molar-refractivity contribution is -0.0465. The number of hydrogen-bond donors (Lipinski definition) is 2. The zero-order valence-corrected chi connectivity index (χ0v) is 15.3. The van der Waals surface area contributed by atoms with Gasteiger partial charge < -0.3 is 10.6 Å². The minimum atomic E-state index is -2.46. The highest BCUT2D eigenvalue weighted by Gasteiger charge is 2.35. The number of rotatable bonds is 6. The second kappa shape index (κ2) is 8.17. The smallest absolute Gasteiger partial charge is 0.251 e. The first kappa shape index (κ1) is 19.5.